The molecule has 0 fully saturated rings. The van der Waals surface area contributed by atoms with Gasteiger partial charge in [-0.2, -0.15) is 8.78 Å². The highest BCUT2D eigenvalue weighted by atomic mass is 19.3. The Morgan fingerprint density at radius 3 is 2.38 bits per heavy atom. The minimum atomic E-state index is -4.43. The molecule has 2 nitrogen and oxygen atoms in total. The van der Waals surface area contributed by atoms with Gasteiger partial charge < -0.3 is 10.1 Å². The van der Waals surface area contributed by atoms with Gasteiger partial charge >= 0.3 is 12.3 Å². The number of nitrogens with one attached hydrogen (secondary N) is 1. The van der Waals surface area contributed by atoms with Crippen molar-refractivity contribution >= 4 is 0 Å². The molecule has 6 heteroatoms. The van der Waals surface area contributed by atoms with Crippen molar-refractivity contribution in [2.45, 2.75) is 18.5 Å². The molecule has 0 saturated carbocycles. The van der Waals surface area contributed by atoms with Gasteiger partial charge in [0.15, 0.2) is 6.10 Å². The fourth-order valence-corrected chi connectivity index (χ4v) is 0.841. The van der Waals surface area contributed by atoms with Crippen LogP contribution in [0.1, 0.15) is 11.8 Å². The Morgan fingerprint density at radius 2 is 2.00 bits per heavy atom. The predicted octanol–water partition coefficient (Wildman–Crippen LogP) is 1.95. The Hall–Kier alpha value is -1.04. The molecule has 0 aliphatic heterocycles. The van der Waals surface area contributed by atoms with Gasteiger partial charge in [0, 0.05) is 6.20 Å². The summed E-state index contributed by atoms with van der Waals surface area (Å²) in [6.45, 7) is 0. The molecule has 0 saturated heterocycles. The van der Waals surface area contributed by atoms with E-state index in [9.17, 15) is 17.6 Å². The molecule has 1 aromatic heterocycles. The molecular weight excluding hydrogens is 190 g/mol. The number of hydrogen-bond donors (Lipinski definition) is 2. The van der Waals surface area contributed by atoms with Crippen molar-refractivity contribution in [1.82, 2.24) is 4.98 Å². The molecule has 0 bridgehead atoms. The molecule has 1 unspecified atom stereocenters. The van der Waals surface area contributed by atoms with Gasteiger partial charge in [-0.25, -0.2) is 8.78 Å². The van der Waals surface area contributed by atoms with E-state index in [-0.39, 0.29) is 5.69 Å². The number of aliphatic hydroxyl groups excluding tert-OH is 1. The van der Waals surface area contributed by atoms with Gasteiger partial charge in [0.1, 0.15) is 0 Å². The third-order valence-electron chi connectivity index (χ3n) is 1.57. The minimum Gasteiger partial charge on any atom is -0.380 e. The first kappa shape index (κ1) is 10.0. The van der Waals surface area contributed by atoms with Crippen molar-refractivity contribution in [3.05, 3.63) is 24.0 Å². The van der Waals surface area contributed by atoms with E-state index in [0.717, 1.165) is 6.07 Å². The topological polar surface area (TPSA) is 36.0 Å². The first-order chi connectivity index (χ1) is 5.96. The molecule has 1 atom stereocenters. The second kappa shape index (κ2) is 3.37. The summed E-state index contributed by atoms with van der Waals surface area (Å²) >= 11 is 0. The van der Waals surface area contributed by atoms with Gasteiger partial charge in [-0.1, -0.05) is 0 Å². The Kier molecular flexibility index (Phi) is 2.60. The average molecular weight is 197 g/mol. The number of alkyl halides is 4. The number of aromatic amines is 1. The van der Waals surface area contributed by atoms with E-state index in [4.69, 9.17) is 5.11 Å². The van der Waals surface area contributed by atoms with Crippen LogP contribution < -0.4 is 0 Å². The van der Waals surface area contributed by atoms with Gasteiger partial charge in [-0.3, -0.25) is 0 Å². The Bertz CT molecular complexity index is 259. The fourth-order valence-electron chi connectivity index (χ4n) is 0.841. The lowest BCUT2D eigenvalue weighted by Gasteiger charge is -2.20. The van der Waals surface area contributed by atoms with E-state index >= 15 is 0 Å². The lowest BCUT2D eigenvalue weighted by atomic mass is 10.1. The van der Waals surface area contributed by atoms with Gasteiger partial charge in [-0.15, -0.1) is 0 Å². The smallest absolute Gasteiger partial charge is 0.338 e. The highest BCUT2D eigenvalue weighted by Gasteiger charge is 2.49. The largest absolute Gasteiger partial charge is 0.380 e. The van der Waals surface area contributed by atoms with Crippen LogP contribution in [0.5, 0.6) is 0 Å². The normalized spacial score (nSPS) is 14.9. The number of aliphatic hydroxyl groups is 1. The van der Waals surface area contributed by atoms with Gasteiger partial charge in [0.05, 0.1) is 5.69 Å². The van der Waals surface area contributed by atoms with Crippen molar-refractivity contribution in [3.8, 4) is 0 Å². The highest BCUT2D eigenvalue weighted by molar-refractivity contribution is 5.10. The first-order valence-electron chi connectivity index (χ1n) is 3.43. The van der Waals surface area contributed by atoms with Crippen molar-refractivity contribution in [3.63, 3.8) is 0 Å². The third kappa shape index (κ3) is 1.82. The van der Waals surface area contributed by atoms with Crippen molar-refractivity contribution in [1.29, 1.82) is 0 Å². The first-order valence-corrected chi connectivity index (χ1v) is 3.43. The summed E-state index contributed by atoms with van der Waals surface area (Å²) in [6.07, 6.45) is -5.12. The molecule has 1 rings (SSSR count). The van der Waals surface area contributed by atoms with Gasteiger partial charge in [0.25, 0.3) is 0 Å². The van der Waals surface area contributed by atoms with Crippen LogP contribution in [-0.4, -0.2) is 22.4 Å². The van der Waals surface area contributed by atoms with Crippen LogP contribution in [0.15, 0.2) is 18.3 Å². The summed E-state index contributed by atoms with van der Waals surface area (Å²) in [5.41, 5.74) is -0.328. The SMILES string of the molecule is OC(c1ccc[nH]1)C(F)(F)C(F)F. The molecule has 1 heterocycles. The fraction of sp³-hybridized carbons (Fsp3) is 0.429. The van der Waals surface area contributed by atoms with E-state index in [1.54, 1.807) is 0 Å². The lowest BCUT2D eigenvalue weighted by Crippen LogP contribution is -2.34. The number of aromatic nitrogens is 1. The van der Waals surface area contributed by atoms with Crippen LogP contribution in [0.4, 0.5) is 17.6 Å². The van der Waals surface area contributed by atoms with E-state index in [1.807, 2.05) is 0 Å². The molecule has 0 radical (unpaired) electrons. The maximum atomic E-state index is 12.5. The lowest BCUT2D eigenvalue weighted by molar-refractivity contribution is -0.194. The minimum absolute atomic E-state index is 0.328. The zero-order valence-electron chi connectivity index (χ0n) is 6.35. The second-order valence-electron chi connectivity index (χ2n) is 2.50. The highest BCUT2D eigenvalue weighted by Crippen LogP contribution is 2.35. The van der Waals surface area contributed by atoms with E-state index in [0.29, 0.717) is 0 Å². The second-order valence-corrected chi connectivity index (χ2v) is 2.50. The van der Waals surface area contributed by atoms with Crippen LogP contribution in [0, 0.1) is 0 Å². The van der Waals surface area contributed by atoms with Crippen molar-refractivity contribution in [2.24, 2.45) is 0 Å². The molecule has 0 spiro atoms. The summed E-state index contributed by atoms with van der Waals surface area (Å²) in [7, 11) is 0. The molecular formula is C7H7F4NO. The van der Waals surface area contributed by atoms with Crippen LogP contribution in [0.25, 0.3) is 0 Å². The van der Waals surface area contributed by atoms with Crippen LogP contribution in [0.3, 0.4) is 0 Å². The molecule has 74 valence electrons. The van der Waals surface area contributed by atoms with Gasteiger partial charge in [0.2, 0.25) is 0 Å². The number of rotatable bonds is 3. The molecule has 0 aliphatic rings. The van der Waals surface area contributed by atoms with Crippen molar-refractivity contribution in [2.75, 3.05) is 0 Å². The van der Waals surface area contributed by atoms with Gasteiger partial charge in [-0.05, 0) is 12.1 Å². The number of H-pyrrole nitrogens is 1. The Morgan fingerprint density at radius 1 is 1.38 bits per heavy atom. The standard InChI is InChI=1S/C7H7F4NO/c8-6(9)7(10,11)5(13)4-2-1-3-12-4/h1-3,5-6,12-13H. The average Bonchev–Trinajstić information content (AvgIpc) is 2.54. The maximum absolute atomic E-state index is 12.5. The Labute approximate surface area is 71.2 Å². The third-order valence-corrected chi connectivity index (χ3v) is 1.57. The summed E-state index contributed by atoms with van der Waals surface area (Å²) < 4.78 is 48.4. The zero-order chi connectivity index (χ0) is 10.1. The van der Waals surface area contributed by atoms with Crippen LogP contribution >= 0.6 is 0 Å². The van der Waals surface area contributed by atoms with E-state index in [2.05, 4.69) is 4.98 Å². The molecule has 13 heavy (non-hydrogen) atoms. The van der Waals surface area contributed by atoms with Crippen LogP contribution in [-0.2, 0) is 0 Å². The van der Waals surface area contributed by atoms with E-state index < -0.39 is 18.5 Å². The number of hydrogen-bond acceptors (Lipinski definition) is 1. The monoisotopic (exact) mass is 197 g/mol. The summed E-state index contributed by atoms with van der Waals surface area (Å²) in [6, 6.07) is 2.45. The predicted molar refractivity (Wildman–Crippen MR) is 36.7 cm³/mol. The molecule has 1 aromatic rings. The maximum Gasteiger partial charge on any atom is 0.338 e. The number of halogens is 4. The zero-order valence-corrected chi connectivity index (χ0v) is 6.35. The summed E-state index contributed by atoms with van der Waals surface area (Å²) in [5.74, 6) is -4.43. The molecule has 0 amide bonds. The van der Waals surface area contributed by atoms with Crippen LogP contribution in [0.2, 0.25) is 0 Å². The molecule has 0 aromatic carbocycles. The molecule has 0 aliphatic carbocycles. The molecule has 2 N–H and O–H groups in total. The quantitative estimate of drug-likeness (QED) is 0.714. The summed E-state index contributed by atoms with van der Waals surface area (Å²) in [4.78, 5) is 2.23. The van der Waals surface area contributed by atoms with E-state index in [1.165, 1.54) is 12.3 Å². The van der Waals surface area contributed by atoms with Crippen molar-refractivity contribution < 1.29 is 22.7 Å². The Balaban J connectivity index is 2.84. The summed E-state index contributed by atoms with van der Waals surface area (Å²) in [5, 5.41) is 8.85.